The van der Waals surface area contributed by atoms with Gasteiger partial charge in [-0.25, -0.2) is 4.79 Å². The minimum absolute atomic E-state index is 0.424. The number of carbonyl (C=O) groups is 1. The Balaban J connectivity index is 2.05. The highest BCUT2D eigenvalue weighted by Gasteiger charge is 2.22. The smallest absolute Gasteiger partial charge is 0.409 e. The number of alkyl carbamates (subject to hydrolysis) is 1. The number of rotatable bonds is 2. The Labute approximate surface area is 59.5 Å². The van der Waals surface area contributed by atoms with E-state index < -0.39 is 12.4 Å². The van der Waals surface area contributed by atoms with Crippen LogP contribution in [0, 0.1) is 6.42 Å². The molecule has 4 nitrogen and oxygen atoms in total. The topological polar surface area (TPSA) is 47.6 Å². The van der Waals surface area contributed by atoms with Gasteiger partial charge in [0.1, 0.15) is 0 Å². The third-order valence-corrected chi connectivity index (χ3v) is 1.09. The van der Waals surface area contributed by atoms with Crippen LogP contribution in [0.25, 0.3) is 0 Å². The van der Waals surface area contributed by atoms with Gasteiger partial charge in [-0.1, -0.05) is 0 Å². The lowest BCUT2D eigenvalue weighted by Gasteiger charge is -2.24. The summed E-state index contributed by atoms with van der Waals surface area (Å²) in [5, 5.41) is 2.48. The monoisotopic (exact) mass is 144 g/mol. The molecule has 0 aromatic heterocycles. The molecule has 0 bridgehead atoms. The zero-order valence-corrected chi connectivity index (χ0v) is 5.79. The van der Waals surface area contributed by atoms with Crippen molar-refractivity contribution < 1.29 is 14.3 Å². The summed E-state index contributed by atoms with van der Waals surface area (Å²) in [7, 11) is 0. The molecule has 0 aromatic rings. The minimum atomic E-state index is -0.427. The molecule has 1 rings (SSSR count). The Morgan fingerprint density at radius 1 is 2.00 bits per heavy atom. The molecule has 0 aliphatic carbocycles. The van der Waals surface area contributed by atoms with Crippen molar-refractivity contribution in [2.24, 2.45) is 0 Å². The highest BCUT2D eigenvalue weighted by atomic mass is 16.7. The van der Waals surface area contributed by atoms with Crippen LogP contribution >= 0.6 is 0 Å². The molecule has 57 valence electrons. The molecule has 1 amide bonds. The lowest BCUT2D eigenvalue weighted by atomic mass is 10.3. The quantitative estimate of drug-likeness (QED) is 0.606. The number of hydrogen-bond donors (Lipinski definition) is 1. The molecule has 1 aliphatic heterocycles. The zero-order valence-electron chi connectivity index (χ0n) is 5.79. The molecule has 1 unspecified atom stereocenters. The SMILES string of the molecule is CCNC(=O)OC1[CH]CO1. The predicted molar refractivity (Wildman–Crippen MR) is 34.2 cm³/mol. The van der Waals surface area contributed by atoms with Crippen molar-refractivity contribution in [3.63, 3.8) is 0 Å². The first-order valence-corrected chi connectivity index (χ1v) is 3.22. The van der Waals surface area contributed by atoms with Crippen molar-refractivity contribution in [3.8, 4) is 0 Å². The number of amides is 1. The predicted octanol–water partition coefficient (Wildman–Crippen LogP) is 0.293. The molecule has 1 radical (unpaired) electrons. The van der Waals surface area contributed by atoms with Crippen LogP contribution in [0.2, 0.25) is 0 Å². The summed E-state index contributed by atoms with van der Waals surface area (Å²) < 4.78 is 9.51. The summed E-state index contributed by atoms with van der Waals surface area (Å²) in [6.07, 6.45) is 0.921. The fourth-order valence-corrected chi connectivity index (χ4v) is 0.548. The van der Waals surface area contributed by atoms with Gasteiger partial charge in [0.2, 0.25) is 6.29 Å². The summed E-state index contributed by atoms with van der Waals surface area (Å²) >= 11 is 0. The standard InChI is InChI=1S/C6H10NO3/c1-2-7-6(8)10-5-3-4-9-5/h3,5H,2,4H2,1H3,(H,7,8). The van der Waals surface area contributed by atoms with E-state index in [0.29, 0.717) is 13.2 Å². The fraction of sp³-hybridized carbons (Fsp3) is 0.667. The van der Waals surface area contributed by atoms with Gasteiger partial charge in [-0.05, 0) is 6.92 Å². The summed E-state index contributed by atoms with van der Waals surface area (Å²) in [6.45, 7) is 2.97. The number of hydrogen-bond acceptors (Lipinski definition) is 3. The van der Waals surface area contributed by atoms with E-state index in [1.165, 1.54) is 0 Å². The Kier molecular flexibility index (Phi) is 2.50. The second-order valence-electron chi connectivity index (χ2n) is 1.87. The van der Waals surface area contributed by atoms with Crippen LogP contribution in [0.15, 0.2) is 0 Å². The van der Waals surface area contributed by atoms with Gasteiger partial charge < -0.3 is 14.8 Å². The van der Waals surface area contributed by atoms with Crippen LogP contribution in [0.3, 0.4) is 0 Å². The third kappa shape index (κ3) is 1.88. The molecule has 1 atom stereocenters. The van der Waals surface area contributed by atoms with Crippen LogP contribution in [-0.4, -0.2) is 25.5 Å². The van der Waals surface area contributed by atoms with Crippen LogP contribution in [0.5, 0.6) is 0 Å². The highest BCUT2D eigenvalue weighted by Crippen LogP contribution is 2.10. The fourth-order valence-electron chi connectivity index (χ4n) is 0.548. The van der Waals surface area contributed by atoms with E-state index >= 15 is 0 Å². The van der Waals surface area contributed by atoms with Gasteiger partial charge >= 0.3 is 6.09 Å². The normalized spacial score (nSPS) is 23.1. The average molecular weight is 144 g/mol. The first kappa shape index (κ1) is 7.34. The molecule has 1 N–H and O–H groups in total. The van der Waals surface area contributed by atoms with Gasteiger partial charge in [0.15, 0.2) is 0 Å². The molecule has 1 heterocycles. The van der Waals surface area contributed by atoms with Crippen molar-refractivity contribution in [2.75, 3.05) is 13.2 Å². The van der Waals surface area contributed by atoms with E-state index in [0.717, 1.165) is 0 Å². The van der Waals surface area contributed by atoms with Crippen LogP contribution < -0.4 is 5.32 Å². The van der Waals surface area contributed by atoms with Gasteiger partial charge in [-0.15, -0.1) is 0 Å². The first-order chi connectivity index (χ1) is 4.83. The Bertz CT molecular complexity index is 122. The van der Waals surface area contributed by atoms with E-state index in [9.17, 15) is 4.79 Å². The molecule has 1 saturated heterocycles. The average Bonchev–Trinajstić information content (AvgIpc) is 1.80. The largest absolute Gasteiger partial charge is 0.419 e. The maximum Gasteiger partial charge on any atom is 0.409 e. The lowest BCUT2D eigenvalue weighted by molar-refractivity contribution is -0.135. The van der Waals surface area contributed by atoms with Crippen molar-refractivity contribution >= 4 is 6.09 Å². The molecule has 0 saturated carbocycles. The number of ether oxygens (including phenoxy) is 2. The van der Waals surface area contributed by atoms with Crippen LogP contribution in [0.1, 0.15) is 6.92 Å². The van der Waals surface area contributed by atoms with E-state index in [4.69, 9.17) is 9.47 Å². The van der Waals surface area contributed by atoms with Crippen molar-refractivity contribution in [2.45, 2.75) is 13.2 Å². The van der Waals surface area contributed by atoms with Gasteiger partial charge in [0.25, 0.3) is 0 Å². The summed E-state index contributed by atoms with van der Waals surface area (Å²) in [5.74, 6) is 0. The van der Waals surface area contributed by atoms with Crippen LogP contribution in [0.4, 0.5) is 4.79 Å². The molecule has 10 heavy (non-hydrogen) atoms. The second kappa shape index (κ2) is 3.41. The molecule has 0 aromatic carbocycles. The van der Waals surface area contributed by atoms with Gasteiger partial charge in [0, 0.05) is 6.54 Å². The van der Waals surface area contributed by atoms with Crippen LogP contribution in [-0.2, 0) is 9.47 Å². The molecular weight excluding hydrogens is 134 g/mol. The first-order valence-electron chi connectivity index (χ1n) is 3.22. The summed E-state index contributed by atoms with van der Waals surface area (Å²) in [5.41, 5.74) is 0. The number of carbonyl (C=O) groups excluding carboxylic acids is 1. The molecule has 0 spiro atoms. The van der Waals surface area contributed by atoms with Gasteiger partial charge in [-0.2, -0.15) is 0 Å². The maximum atomic E-state index is 10.6. The van der Waals surface area contributed by atoms with E-state index in [1.54, 1.807) is 6.42 Å². The van der Waals surface area contributed by atoms with E-state index in [-0.39, 0.29) is 0 Å². The van der Waals surface area contributed by atoms with Gasteiger partial charge in [-0.3, -0.25) is 0 Å². The second-order valence-corrected chi connectivity index (χ2v) is 1.87. The Morgan fingerprint density at radius 3 is 3.10 bits per heavy atom. The van der Waals surface area contributed by atoms with Crippen molar-refractivity contribution in [1.29, 1.82) is 0 Å². The van der Waals surface area contributed by atoms with E-state index in [2.05, 4.69) is 5.32 Å². The van der Waals surface area contributed by atoms with E-state index in [1.807, 2.05) is 6.92 Å². The Morgan fingerprint density at radius 2 is 2.70 bits per heavy atom. The van der Waals surface area contributed by atoms with Crippen molar-refractivity contribution in [3.05, 3.63) is 6.42 Å². The molecule has 1 fully saturated rings. The molecule has 1 aliphatic rings. The molecular formula is C6H10NO3. The van der Waals surface area contributed by atoms with Crippen molar-refractivity contribution in [1.82, 2.24) is 5.32 Å². The number of nitrogens with one attached hydrogen (secondary N) is 1. The zero-order chi connectivity index (χ0) is 7.40. The maximum absolute atomic E-state index is 10.6. The molecule has 4 heteroatoms. The lowest BCUT2D eigenvalue weighted by Crippen LogP contribution is -2.36. The summed E-state index contributed by atoms with van der Waals surface area (Å²) in [4.78, 5) is 10.6. The summed E-state index contributed by atoms with van der Waals surface area (Å²) in [6, 6.07) is 0. The third-order valence-electron chi connectivity index (χ3n) is 1.09. The Hall–Kier alpha value is -0.770. The van der Waals surface area contributed by atoms with Gasteiger partial charge in [0.05, 0.1) is 13.0 Å². The highest BCUT2D eigenvalue weighted by molar-refractivity contribution is 5.67. The minimum Gasteiger partial charge on any atom is -0.419 e.